The lowest BCUT2D eigenvalue weighted by molar-refractivity contribution is 0.292. The lowest BCUT2D eigenvalue weighted by Gasteiger charge is -2.09. The van der Waals surface area contributed by atoms with Crippen molar-refractivity contribution in [3.8, 4) is 5.75 Å². The van der Waals surface area contributed by atoms with Crippen LogP contribution < -0.4 is 15.4 Å². The van der Waals surface area contributed by atoms with Gasteiger partial charge in [-0.1, -0.05) is 42.0 Å². The van der Waals surface area contributed by atoms with Crippen molar-refractivity contribution in [1.82, 2.24) is 10.6 Å². The molecule has 0 aliphatic carbocycles. The monoisotopic (exact) mass is 328 g/mol. The van der Waals surface area contributed by atoms with Crippen LogP contribution in [0, 0.1) is 6.92 Å². The molecule has 0 atom stereocenters. The first kappa shape index (κ1) is 18.5. The van der Waals surface area contributed by atoms with Crippen LogP contribution in [0.1, 0.15) is 23.1 Å². The van der Waals surface area contributed by atoms with E-state index in [-0.39, 0.29) is 6.61 Å². The Balaban J connectivity index is 1.70. The highest BCUT2D eigenvalue weighted by molar-refractivity contribution is 5.29. The van der Waals surface area contributed by atoms with Gasteiger partial charge in [0.05, 0.1) is 6.61 Å². The van der Waals surface area contributed by atoms with Gasteiger partial charge in [-0.15, -0.1) is 0 Å². The van der Waals surface area contributed by atoms with Crippen LogP contribution in [0.15, 0.2) is 48.5 Å². The molecule has 0 spiro atoms. The fraction of sp³-hybridized carbons (Fsp3) is 0.400. The van der Waals surface area contributed by atoms with Crippen molar-refractivity contribution in [2.75, 3.05) is 26.2 Å². The number of aryl methyl sites for hydroxylation is 1. The van der Waals surface area contributed by atoms with Crippen molar-refractivity contribution in [1.29, 1.82) is 0 Å². The minimum Gasteiger partial charge on any atom is -0.489 e. The van der Waals surface area contributed by atoms with E-state index in [2.05, 4.69) is 54.0 Å². The van der Waals surface area contributed by atoms with Gasteiger partial charge in [0.2, 0.25) is 0 Å². The summed E-state index contributed by atoms with van der Waals surface area (Å²) in [4.78, 5) is 0. The Kier molecular flexibility index (Phi) is 8.32. The van der Waals surface area contributed by atoms with Crippen LogP contribution in [0.5, 0.6) is 5.75 Å². The maximum atomic E-state index is 8.68. The van der Waals surface area contributed by atoms with Gasteiger partial charge in [0, 0.05) is 13.1 Å². The molecule has 2 rings (SSSR count). The highest BCUT2D eigenvalue weighted by Crippen LogP contribution is 2.15. The first-order valence-corrected chi connectivity index (χ1v) is 8.57. The van der Waals surface area contributed by atoms with Gasteiger partial charge in [-0.3, -0.25) is 0 Å². The van der Waals surface area contributed by atoms with Crippen molar-refractivity contribution < 1.29 is 9.84 Å². The SMILES string of the molecule is Cc1ccc(COc2cccc(CNCCCNCCO)c2)cc1. The molecule has 0 aliphatic heterocycles. The third-order valence-corrected chi connectivity index (χ3v) is 3.75. The molecule has 4 heteroatoms. The van der Waals surface area contributed by atoms with Gasteiger partial charge in [0.1, 0.15) is 12.4 Å². The minimum atomic E-state index is 0.197. The standard InChI is InChI=1S/C20H28N2O2/c1-17-6-8-18(9-7-17)16-24-20-5-2-4-19(14-20)15-22-11-3-10-21-12-13-23/h2,4-9,14,21-23H,3,10-13,15-16H2,1H3. The van der Waals surface area contributed by atoms with E-state index >= 15 is 0 Å². The number of hydrogen-bond acceptors (Lipinski definition) is 4. The highest BCUT2D eigenvalue weighted by atomic mass is 16.5. The summed E-state index contributed by atoms with van der Waals surface area (Å²) in [6.45, 7) is 6.25. The molecule has 0 unspecified atom stereocenters. The summed E-state index contributed by atoms with van der Waals surface area (Å²) >= 11 is 0. The van der Waals surface area contributed by atoms with Gasteiger partial charge in [0.15, 0.2) is 0 Å². The largest absolute Gasteiger partial charge is 0.489 e. The van der Waals surface area contributed by atoms with E-state index in [0.717, 1.165) is 31.8 Å². The van der Waals surface area contributed by atoms with Gasteiger partial charge in [0.25, 0.3) is 0 Å². The summed E-state index contributed by atoms with van der Waals surface area (Å²) in [5.74, 6) is 0.902. The van der Waals surface area contributed by atoms with Crippen LogP contribution >= 0.6 is 0 Å². The summed E-state index contributed by atoms with van der Waals surface area (Å²) in [5, 5.41) is 15.3. The molecule has 0 saturated carbocycles. The summed E-state index contributed by atoms with van der Waals surface area (Å²) < 4.78 is 5.88. The number of aliphatic hydroxyl groups is 1. The number of aliphatic hydroxyl groups excluding tert-OH is 1. The molecule has 2 aromatic carbocycles. The molecule has 0 radical (unpaired) electrons. The van der Waals surface area contributed by atoms with Gasteiger partial charge >= 0.3 is 0 Å². The number of rotatable bonds is 11. The molecule has 0 fully saturated rings. The number of nitrogens with one attached hydrogen (secondary N) is 2. The Morgan fingerprint density at radius 2 is 1.71 bits per heavy atom. The fourth-order valence-electron chi connectivity index (χ4n) is 2.37. The van der Waals surface area contributed by atoms with E-state index in [1.54, 1.807) is 0 Å². The molecule has 3 N–H and O–H groups in total. The van der Waals surface area contributed by atoms with Gasteiger partial charge < -0.3 is 20.5 Å². The zero-order chi connectivity index (χ0) is 17.0. The smallest absolute Gasteiger partial charge is 0.120 e. The number of hydrogen-bond donors (Lipinski definition) is 3. The molecular weight excluding hydrogens is 300 g/mol. The first-order chi connectivity index (χ1) is 11.8. The molecule has 0 aliphatic rings. The molecule has 4 nitrogen and oxygen atoms in total. The third-order valence-electron chi connectivity index (χ3n) is 3.75. The predicted octanol–water partition coefficient (Wildman–Crippen LogP) is 2.64. The predicted molar refractivity (Wildman–Crippen MR) is 98.2 cm³/mol. The highest BCUT2D eigenvalue weighted by Gasteiger charge is 1.99. The molecule has 0 heterocycles. The van der Waals surface area contributed by atoms with E-state index in [1.807, 2.05) is 12.1 Å². The molecule has 2 aromatic rings. The molecule has 130 valence electrons. The maximum Gasteiger partial charge on any atom is 0.120 e. The Morgan fingerprint density at radius 3 is 2.50 bits per heavy atom. The van der Waals surface area contributed by atoms with E-state index in [9.17, 15) is 0 Å². The second-order valence-electron chi connectivity index (χ2n) is 5.93. The fourth-order valence-corrected chi connectivity index (χ4v) is 2.37. The van der Waals surface area contributed by atoms with Crippen LogP contribution in [0.4, 0.5) is 0 Å². The molecular formula is C20H28N2O2. The Hall–Kier alpha value is -1.88. The van der Waals surface area contributed by atoms with Gasteiger partial charge in [-0.25, -0.2) is 0 Å². The van der Waals surface area contributed by atoms with Crippen molar-refractivity contribution >= 4 is 0 Å². The zero-order valence-corrected chi connectivity index (χ0v) is 14.4. The first-order valence-electron chi connectivity index (χ1n) is 8.57. The van der Waals surface area contributed by atoms with Crippen molar-refractivity contribution in [2.24, 2.45) is 0 Å². The maximum absolute atomic E-state index is 8.68. The van der Waals surface area contributed by atoms with Crippen LogP contribution in [0.25, 0.3) is 0 Å². The van der Waals surface area contributed by atoms with E-state index in [1.165, 1.54) is 16.7 Å². The molecule has 24 heavy (non-hydrogen) atoms. The second-order valence-corrected chi connectivity index (χ2v) is 5.93. The van der Waals surface area contributed by atoms with Crippen LogP contribution in [-0.2, 0) is 13.2 Å². The topological polar surface area (TPSA) is 53.5 Å². The quantitative estimate of drug-likeness (QED) is 0.555. The normalized spacial score (nSPS) is 10.8. The van der Waals surface area contributed by atoms with E-state index in [0.29, 0.717) is 13.2 Å². The Labute approximate surface area is 144 Å². The lowest BCUT2D eigenvalue weighted by Crippen LogP contribution is -2.23. The average Bonchev–Trinajstić information content (AvgIpc) is 2.61. The average molecular weight is 328 g/mol. The summed E-state index contributed by atoms with van der Waals surface area (Å²) in [6, 6.07) is 16.6. The summed E-state index contributed by atoms with van der Waals surface area (Å²) in [7, 11) is 0. The van der Waals surface area contributed by atoms with Crippen molar-refractivity contribution in [3.63, 3.8) is 0 Å². The lowest BCUT2D eigenvalue weighted by atomic mass is 10.2. The Morgan fingerprint density at radius 1 is 0.917 bits per heavy atom. The van der Waals surface area contributed by atoms with Crippen LogP contribution in [0.2, 0.25) is 0 Å². The van der Waals surface area contributed by atoms with Gasteiger partial charge in [-0.05, 0) is 49.7 Å². The van der Waals surface area contributed by atoms with E-state index < -0.39 is 0 Å². The molecule has 0 saturated heterocycles. The number of benzene rings is 2. The molecule has 0 amide bonds. The molecule has 0 aromatic heterocycles. The van der Waals surface area contributed by atoms with Crippen LogP contribution in [0.3, 0.4) is 0 Å². The van der Waals surface area contributed by atoms with Gasteiger partial charge in [-0.2, -0.15) is 0 Å². The molecule has 0 bridgehead atoms. The van der Waals surface area contributed by atoms with Crippen LogP contribution in [-0.4, -0.2) is 31.3 Å². The van der Waals surface area contributed by atoms with Crippen molar-refractivity contribution in [3.05, 3.63) is 65.2 Å². The van der Waals surface area contributed by atoms with Crippen molar-refractivity contribution in [2.45, 2.75) is 26.5 Å². The minimum absolute atomic E-state index is 0.197. The third kappa shape index (κ3) is 7.13. The number of ether oxygens (including phenoxy) is 1. The zero-order valence-electron chi connectivity index (χ0n) is 14.4. The van der Waals surface area contributed by atoms with E-state index in [4.69, 9.17) is 9.84 Å². The Bertz CT molecular complexity index is 584. The second kappa shape index (κ2) is 10.8. The summed E-state index contributed by atoms with van der Waals surface area (Å²) in [5.41, 5.74) is 3.66. The summed E-state index contributed by atoms with van der Waals surface area (Å²) in [6.07, 6.45) is 1.05.